The third-order valence-corrected chi connectivity index (χ3v) is 5.23. The molecule has 4 heteroatoms. The molecule has 1 heterocycles. The largest absolute Gasteiger partial charge is 0.311 e. The van der Waals surface area contributed by atoms with Crippen molar-refractivity contribution in [3.05, 3.63) is 28.8 Å². The van der Waals surface area contributed by atoms with Crippen LogP contribution >= 0.6 is 11.6 Å². The van der Waals surface area contributed by atoms with E-state index >= 15 is 0 Å². The lowest BCUT2D eigenvalue weighted by molar-refractivity contribution is -0.118. The van der Waals surface area contributed by atoms with Gasteiger partial charge in [0.15, 0.2) is 0 Å². The fraction of sp³-hybridized carbons (Fsp3) is 0.600. The Kier molecular flexibility index (Phi) is 6.69. The molecule has 0 saturated carbocycles. The van der Waals surface area contributed by atoms with Gasteiger partial charge in [-0.25, -0.2) is 0 Å². The summed E-state index contributed by atoms with van der Waals surface area (Å²) in [6, 6.07) is 8.02. The molecule has 1 aromatic rings. The molecule has 0 spiro atoms. The normalized spacial score (nSPS) is 19.2. The molecule has 1 amide bonds. The number of fused-ring (bicyclic) bond motifs is 1. The predicted molar refractivity (Wildman–Crippen MR) is 99.4 cm³/mol. The lowest BCUT2D eigenvalue weighted by Gasteiger charge is -2.24. The van der Waals surface area contributed by atoms with Crippen LogP contribution in [0.3, 0.4) is 0 Å². The van der Waals surface area contributed by atoms with E-state index < -0.39 is 0 Å². The Morgan fingerprint density at radius 1 is 1.33 bits per heavy atom. The van der Waals surface area contributed by atoms with Crippen LogP contribution in [0.5, 0.6) is 0 Å². The molecule has 0 aromatic heterocycles. The summed E-state index contributed by atoms with van der Waals surface area (Å²) in [4.78, 5) is 14.6. The van der Waals surface area contributed by atoms with Gasteiger partial charge in [0.05, 0.1) is 6.07 Å². The molecule has 1 aliphatic heterocycles. The van der Waals surface area contributed by atoms with Crippen LogP contribution in [0, 0.1) is 11.3 Å². The molecular weight excluding hydrogens is 320 g/mol. The van der Waals surface area contributed by atoms with Crippen LogP contribution in [0.15, 0.2) is 18.2 Å². The predicted octanol–water partition coefficient (Wildman–Crippen LogP) is 5.61. The van der Waals surface area contributed by atoms with Crippen LogP contribution in [0.1, 0.15) is 70.8 Å². The summed E-state index contributed by atoms with van der Waals surface area (Å²) in [5.41, 5.74) is 1.91. The molecule has 0 fully saturated rings. The Morgan fingerprint density at radius 2 is 2.08 bits per heavy atom. The van der Waals surface area contributed by atoms with Crippen molar-refractivity contribution >= 4 is 23.2 Å². The summed E-state index contributed by atoms with van der Waals surface area (Å²) in [5.74, 6) is 0.177. The fourth-order valence-electron chi connectivity index (χ4n) is 3.54. The maximum absolute atomic E-state index is 12.7. The van der Waals surface area contributed by atoms with Crippen molar-refractivity contribution < 1.29 is 4.79 Å². The van der Waals surface area contributed by atoms with Gasteiger partial charge in [0.25, 0.3) is 0 Å². The number of amides is 1. The third kappa shape index (κ3) is 4.30. The molecule has 130 valence electrons. The number of rotatable bonds is 8. The van der Waals surface area contributed by atoms with E-state index in [-0.39, 0.29) is 11.3 Å². The van der Waals surface area contributed by atoms with E-state index in [4.69, 9.17) is 16.9 Å². The van der Waals surface area contributed by atoms with Crippen molar-refractivity contribution in [2.45, 2.75) is 70.6 Å². The highest BCUT2D eigenvalue weighted by atomic mass is 35.5. The van der Waals surface area contributed by atoms with E-state index in [9.17, 15) is 4.79 Å². The van der Waals surface area contributed by atoms with E-state index in [0.717, 1.165) is 30.5 Å². The van der Waals surface area contributed by atoms with Gasteiger partial charge in [-0.1, -0.05) is 57.2 Å². The molecule has 2 rings (SSSR count). The van der Waals surface area contributed by atoms with Gasteiger partial charge in [-0.15, -0.1) is 0 Å². The molecule has 0 radical (unpaired) electrons. The number of carbonyl (C=O) groups is 1. The first-order valence-electron chi connectivity index (χ1n) is 8.99. The van der Waals surface area contributed by atoms with E-state index in [1.54, 1.807) is 0 Å². The van der Waals surface area contributed by atoms with Gasteiger partial charge in [-0.3, -0.25) is 4.79 Å². The van der Waals surface area contributed by atoms with Gasteiger partial charge in [0.1, 0.15) is 0 Å². The molecule has 0 aliphatic carbocycles. The van der Waals surface area contributed by atoms with Gasteiger partial charge in [0.2, 0.25) is 5.91 Å². The zero-order valence-electron chi connectivity index (χ0n) is 14.8. The lowest BCUT2D eigenvalue weighted by atomic mass is 9.80. The summed E-state index contributed by atoms with van der Waals surface area (Å²) in [7, 11) is 0. The average Bonchev–Trinajstić information content (AvgIpc) is 2.85. The standard InChI is InChI=1S/C20H27ClN2O/c1-3-4-5-6-7-9-19(24)23-15-20(2,12-8-13-22)17-11-10-16(21)14-18(17)23/h10-11,14H,3-9,12,15H2,1-2H3. The fourth-order valence-corrected chi connectivity index (χ4v) is 3.71. The number of nitriles is 1. The van der Waals surface area contributed by atoms with Gasteiger partial charge >= 0.3 is 0 Å². The van der Waals surface area contributed by atoms with Crippen LogP contribution in [0.25, 0.3) is 0 Å². The van der Waals surface area contributed by atoms with Crippen LogP contribution in [0.4, 0.5) is 5.69 Å². The van der Waals surface area contributed by atoms with Crippen molar-refractivity contribution in [1.82, 2.24) is 0 Å². The second-order valence-electron chi connectivity index (χ2n) is 7.02. The number of unbranched alkanes of at least 4 members (excludes halogenated alkanes) is 4. The number of hydrogen-bond acceptors (Lipinski definition) is 2. The molecule has 24 heavy (non-hydrogen) atoms. The van der Waals surface area contributed by atoms with Crippen molar-refractivity contribution in [1.29, 1.82) is 5.26 Å². The molecular formula is C20H27ClN2O. The highest BCUT2D eigenvalue weighted by Crippen LogP contribution is 2.44. The van der Waals surface area contributed by atoms with Gasteiger partial charge < -0.3 is 4.90 Å². The molecule has 0 N–H and O–H groups in total. The van der Waals surface area contributed by atoms with Crippen LogP contribution in [-0.4, -0.2) is 12.5 Å². The maximum Gasteiger partial charge on any atom is 0.227 e. The van der Waals surface area contributed by atoms with Gasteiger partial charge in [0, 0.05) is 35.5 Å². The minimum Gasteiger partial charge on any atom is -0.311 e. The van der Waals surface area contributed by atoms with Crippen LogP contribution in [-0.2, 0) is 10.2 Å². The first-order chi connectivity index (χ1) is 11.5. The average molecular weight is 347 g/mol. The van der Waals surface area contributed by atoms with E-state index in [0.29, 0.717) is 24.4 Å². The highest BCUT2D eigenvalue weighted by Gasteiger charge is 2.40. The summed E-state index contributed by atoms with van der Waals surface area (Å²) < 4.78 is 0. The van der Waals surface area contributed by atoms with Crippen LogP contribution < -0.4 is 4.90 Å². The highest BCUT2D eigenvalue weighted by molar-refractivity contribution is 6.31. The zero-order chi connectivity index (χ0) is 17.6. The number of benzene rings is 1. The molecule has 1 unspecified atom stereocenters. The molecule has 0 saturated heterocycles. The summed E-state index contributed by atoms with van der Waals surface area (Å²) in [6.07, 6.45) is 7.56. The SMILES string of the molecule is CCCCCCCC(=O)N1CC(C)(CCC#N)c2ccc(Cl)cc21. The summed E-state index contributed by atoms with van der Waals surface area (Å²) in [6.45, 7) is 4.99. The number of nitrogens with zero attached hydrogens (tertiary/aromatic N) is 2. The number of halogens is 1. The Morgan fingerprint density at radius 3 is 2.79 bits per heavy atom. The zero-order valence-corrected chi connectivity index (χ0v) is 15.5. The maximum atomic E-state index is 12.7. The molecule has 0 bridgehead atoms. The van der Waals surface area contributed by atoms with Crippen molar-refractivity contribution in [3.8, 4) is 6.07 Å². The first kappa shape index (κ1) is 18.8. The van der Waals surface area contributed by atoms with Crippen LogP contribution in [0.2, 0.25) is 5.02 Å². The second kappa shape index (κ2) is 8.53. The molecule has 3 nitrogen and oxygen atoms in total. The third-order valence-electron chi connectivity index (χ3n) is 4.99. The van der Waals surface area contributed by atoms with Crippen molar-refractivity contribution in [2.75, 3.05) is 11.4 Å². The minimum atomic E-state index is -0.159. The summed E-state index contributed by atoms with van der Waals surface area (Å²) >= 11 is 6.16. The number of carbonyl (C=O) groups excluding carboxylic acids is 1. The van der Waals surface area contributed by atoms with E-state index in [1.165, 1.54) is 19.3 Å². The minimum absolute atomic E-state index is 0.159. The van der Waals surface area contributed by atoms with Crippen molar-refractivity contribution in [2.24, 2.45) is 0 Å². The van der Waals surface area contributed by atoms with Gasteiger partial charge in [-0.05, 0) is 30.5 Å². The summed E-state index contributed by atoms with van der Waals surface area (Å²) in [5, 5.41) is 9.60. The Hall–Kier alpha value is -1.53. The topological polar surface area (TPSA) is 44.1 Å². The second-order valence-corrected chi connectivity index (χ2v) is 7.46. The Balaban J connectivity index is 2.10. The smallest absolute Gasteiger partial charge is 0.227 e. The van der Waals surface area contributed by atoms with Crippen molar-refractivity contribution in [3.63, 3.8) is 0 Å². The Bertz CT molecular complexity index is 623. The van der Waals surface area contributed by atoms with Gasteiger partial charge in [-0.2, -0.15) is 5.26 Å². The molecule has 1 aromatic carbocycles. The number of hydrogen-bond donors (Lipinski definition) is 0. The quantitative estimate of drug-likeness (QED) is 0.574. The van der Waals surface area contributed by atoms with E-state index in [2.05, 4.69) is 19.9 Å². The Labute approximate surface area is 150 Å². The monoisotopic (exact) mass is 346 g/mol. The van der Waals surface area contributed by atoms with E-state index in [1.807, 2.05) is 23.1 Å². The lowest BCUT2D eigenvalue weighted by Crippen LogP contribution is -2.35. The molecule has 1 aliphatic rings. The first-order valence-corrected chi connectivity index (χ1v) is 9.37. The number of anilines is 1. The molecule has 1 atom stereocenters.